The summed E-state index contributed by atoms with van der Waals surface area (Å²) < 4.78 is 24.0. The third kappa shape index (κ3) is 10.9. The summed E-state index contributed by atoms with van der Waals surface area (Å²) in [6.07, 6.45) is 10.6. The summed E-state index contributed by atoms with van der Waals surface area (Å²) in [6, 6.07) is 31.3. The molecule has 0 saturated carbocycles. The van der Waals surface area contributed by atoms with Gasteiger partial charge in [0, 0.05) is 6.61 Å². The van der Waals surface area contributed by atoms with Crippen molar-refractivity contribution in [3.05, 3.63) is 108 Å². The van der Waals surface area contributed by atoms with Crippen molar-refractivity contribution in [3.63, 3.8) is 0 Å². The van der Waals surface area contributed by atoms with Gasteiger partial charge < -0.3 is 18.9 Å². The molecule has 212 valence electrons. The van der Waals surface area contributed by atoms with E-state index in [4.69, 9.17) is 18.9 Å². The standard InChI is InChI=1S/C35H48O4/c1-2-3-4-5-6-7-8-18-25-36-26-27-37-28-29-38-30-31-39-35(32-19-12-9-13-20-32,33-21-14-10-15-22-33)34-23-16-11-17-24-34/h9-17,19-24H,2-8,18,25-31H2,1H3. The molecule has 0 saturated heterocycles. The van der Waals surface area contributed by atoms with Crippen LogP contribution >= 0.6 is 0 Å². The van der Waals surface area contributed by atoms with E-state index in [1.807, 2.05) is 18.2 Å². The van der Waals surface area contributed by atoms with E-state index in [0.717, 1.165) is 29.7 Å². The third-order valence-corrected chi connectivity index (χ3v) is 6.97. The Kier molecular flexibility index (Phi) is 15.5. The number of rotatable bonds is 22. The van der Waals surface area contributed by atoms with Crippen molar-refractivity contribution in [2.24, 2.45) is 0 Å². The molecule has 0 radical (unpaired) electrons. The third-order valence-electron chi connectivity index (χ3n) is 6.97. The summed E-state index contributed by atoms with van der Waals surface area (Å²) in [7, 11) is 0. The highest BCUT2D eigenvalue weighted by Gasteiger charge is 2.37. The second-order valence-electron chi connectivity index (χ2n) is 9.94. The summed E-state index contributed by atoms with van der Waals surface area (Å²) in [4.78, 5) is 0. The first kappa shape index (κ1) is 31.0. The van der Waals surface area contributed by atoms with Gasteiger partial charge in [-0.25, -0.2) is 0 Å². The van der Waals surface area contributed by atoms with Gasteiger partial charge in [-0.15, -0.1) is 0 Å². The summed E-state index contributed by atoms with van der Waals surface area (Å²) >= 11 is 0. The minimum absolute atomic E-state index is 0.459. The van der Waals surface area contributed by atoms with E-state index in [9.17, 15) is 0 Å². The maximum Gasteiger partial charge on any atom is 0.143 e. The van der Waals surface area contributed by atoms with Gasteiger partial charge in [0.15, 0.2) is 0 Å². The van der Waals surface area contributed by atoms with Crippen LogP contribution in [0.3, 0.4) is 0 Å². The van der Waals surface area contributed by atoms with Crippen molar-refractivity contribution in [2.75, 3.05) is 46.2 Å². The summed E-state index contributed by atoms with van der Waals surface area (Å²) in [5.74, 6) is 0. The van der Waals surface area contributed by atoms with E-state index < -0.39 is 5.60 Å². The molecule has 3 aromatic carbocycles. The fourth-order valence-corrected chi connectivity index (χ4v) is 4.90. The van der Waals surface area contributed by atoms with Crippen molar-refractivity contribution < 1.29 is 18.9 Å². The first-order valence-corrected chi connectivity index (χ1v) is 14.9. The molecule has 0 heterocycles. The molecule has 0 aromatic heterocycles. The van der Waals surface area contributed by atoms with Gasteiger partial charge >= 0.3 is 0 Å². The van der Waals surface area contributed by atoms with E-state index in [1.165, 1.54) is 44.9 Å². The zero-order valence-corrected chi connectivity index (χ0v) is 23.9. The lowest BCUT2D eigenvalue weighted by Crippen LogP contribution is -2.34. The minimum Gasteiger partial charge on any atom is -0.379 e. The van der Waals surface area contributed by atoms with E-state index >= 15 is 0 Å². The Morgan fingerprint density at radius 2 is 0.769 bits per heavy atom. The van der Waals surface area contributed by atoms with Crippen LogP contribution in [0.5, 0.6) is 0 Å². The Morgan fingerprint density at radius 1 is 0.410 bits per heavy atom. The molecular formula is C35H48O4. The molecule has 0 atom stereocenters. The smallest absolute Gasteiger partial charge is 0.143 e. The summed E-state index contributed by atoms with van der Waals surface area (Å²) in [5.41, 5.74) is 2.57. The topological polar surface area (TPSA) is 36.9 Å². The van der Waals surface area contributed by atoms with Crippen LogP contribution in [0.2, 0.25) is 0 Å². The summed E-state index contributed by atoms with van der Waals surface area (Å²) in [6.45, 7) is 6.40. The van der Waals surface area contributed by atoms with E-state index in [2.05, 4.69) is 79.7 Å². The fraction of sp³-hybridized carbons (Fsp3) is 0.486. The van der Waals surface area contributed by atoms with Crippen molar-refractivity contribution in [1.29, 1.82) is 0 Å². The molecule has 3 aromatic rings. The van der Waals surface area contributed by atoms with Crippen molar-refractivity contribution in [2.45, 2.75) is 63.9 Å². The molecule has 0 aliphatic rings. The molecule has 0 aliphatic heterocycles. The van der Waals surface area contributed by atoms with Gasteiger partial charge in [-0.3, -0.25) is 0 Å². The number of ether oxygens (including phenoxy) is 4. The van der Waals surface area contributed by atoms with Crippen LogP contribution < -0.4 is 0 Å². The van der Waals surface area contributed by atoms with Gasteiger partial charge in [-0.05, 0) is 23.1 Å². The number of hydrogen-bond acceptors (Lipinski definition) is 4. The van der Waals surface area contributed by atoms with E-state index in [-0.39, 0.29) is 0 Å². The van der Waals surface area contributed by atoms with Gasteiger partial charge in [-0.1, -0.05) is 143 Å². The zero-order valence-electron chi connectivity index (χ0n) is 23.9. The second kappa shape index (κ2) is 19.5. The predicted molar refractivity (Wildman–Crippen MR) is 160 cm³/mol. The van der Waals surface area contributed by atoms with E-state index in [0.29, 0.717) is 39.6 Å². The fourth-order valence-electron chi connectivity index (χ4n) is 4.90. The molecule has 0 bridgehead atoms. The Labute approximate surface area is 236 Å². The highest BCUT2D eigenvalue weighted by atomic mass is 16.6. The van der Waals surface area contributed by atoms with Crippen LogP contribution in [0.1, 0.15) is 75.0 Å². The minimum atomic E-state index is -0.712. The number of unbranched alkanes of at least 4 members (excludes halogenated alkanes) is 7. The quantitative estimate of drug-likeness (QED) is 0.0966. The molecule has 4 nitrogen and oxygen atoms in total. The van der Waals surface area contributed by atoms with Crippen LogP contribution in [-0.2, 0) is 24.5 Å². The second-order valence-corrected chi connectivity index (χ2v) is 9.94. The zero-order chi connectivity index (χ0) is 27.3. The molecule has 0 spiro atoms. The van der Waals surface area contributed by atoms with Crippen molar-refractivity contribution in [1.82, 2.24) is 0 Å². The van der Waals surface area contributed by atoms with Crippen molar-refractivity contribution >= 4 is 0 Å². The molecule has 0 unspecified atom stereocenters. The maximum atomic E-state index is 6.73. The molecule has 4 heteroatoms. The Hall–Kier alpha value is -2.50. The van der Waals surface area contributed by atoms with Crippen LogP contribution in [0.15, 0.2) is 91.0 Å². The summed E-state index contributed by atoms with van der Waals surface area (Å²) in [5, 5.41) is 0. The molecule has 39 heavy (non-hydrogen) atoms. The van der Waals surface area contributed by atoms with E-state index in [1.54, 1.807) is 0 Å². The largest absolute Gasteiger partial charge is 0.379 e. The first-order chi connectivity index (χ1) is 19.4. The molecule has 0 aliphatic carbocycles. The average Bonchev–Trinajstić information content (AvgIpc) is 3.00. The van der Waals surface area contributed by atoms with Crippen LogP contribution in [0, 0.1) is 0 Å². The van der Waals surface area contributed by atoms with Crippen LogP contribution in [0.4, 0.5) is 0 Å². The Bertz CT molecular complexity index is 865. The van der Waals surface area contributed by atoms with Gasteiger partial charge in [0.1, 0.15) is 5.60 Å². The molecule has 3 rings (SSSR count). The molecule has 0 N–H and O–H groups in total. The lowest BCUT2D eigenvalue weighted by molar-refractivity contribution is -0.0369. The normalized spacial score (nSPS) is 11.6. The van der Waals surface area contributed by atoms with Crippen molar-refractivity contribution in [3.8, 4) is 0 Å². The van der Waals surface area contributed by atoms with Gasteiger partial charge in [0.05, 0.1) is 39.6 Å². The Morgan fingerprint density at radius 3 is 1.21 bits per heavy atom. The Balaban J connectivity index is 1.34. The maximum absolute atomic E-state index is 6.73. The molecular weight excluding hydrogens is 484 g/mol. The molecule has 0 amide bonds. The predicted octanol–water partition coefficient (Wildman–Crippen LogP) is 8.19. The molecule has 0 fully saturated rings. The highest BCUT2D eigenvalue weighted by molar-refractivity contribution is 5.47. The first-order valence-electron chi connectivity index (χ1n) is 14.9. The number of hydrogen-bond donors (Lipinski definition) is 0. The highest BCUT2D eigenvalue weighted by Crippen LogP contribution is 2.40. The van der Waals surface area contributed by atoms with Gasteiger partial charge in [-0.2, -0.15) is 0 Å². The lowest BCUT2D eigenvalue weighted by atomic mass is 9.80. The lowest BCUT2D eigenvalue weighted by Gasteiger charge is -2.36. The van der Waals surface area contributed by atoms with Gasteiger partial charge in [0.25, 0.3) is 0 Å². The van der Waals surface area contributed by atoms with Crippen LogP contribution in [0.25, 0.3) is 0 Å². The van der Waals surface area contributed by atoms with Crippen LogP contribution in [-0.4, -0.2) is 46.2 Å². The monoisotopic (exact) mass is 532 g/mol. The van der Waals surface area contributed by atoms with Gasteiger partial charge in [0.2, 0.25) is 0 Å². The SMILES string of the molecule is CCCCCCCCCCOCCOCCOCCOC(c1ccccc1)(c1ccccc1)c1ccccc1. The average molecular weight is 533 g/mol. The number of benzene rings is 3.